The van der Waals surface area contributed by atoms with Crippen molar-refractivity contribution in [2.45, 2.75) is 11.8 Å². The summed E-state index contributed by atoms with van der Waals surface area (Å²) in [6.45, 7) is 0. The molecule has 16 heteroatoms. The van der Waals surface area contributed by atoms with Crippen molar-refractivity contribution in [3.05, 3.63) is 59.2 Å². The molecule has 0 bridgehead atoms. The first-order valence-electron chi connectivity index (χ1n) is 9.50. The predicted octanol–water partition coefficient (Wildman–Crippen LogP) is 3.04. The summed E-state index contributed by atoms with van der Waals surface area (Å²) in [5.41, 5.74) is 3.73. The maximum absolute atomic E-state index is 11.3. The topological polar surface area (TPSA) is 216 Å². The zero-order valence-electron chi connectivity index (χ0n) is 18.8. The molecule has 2 aromatic heterocycles. The Morgan fingerprint density at radius 3 is 1.64 bits per heavy atom. The number of methoxy groups -OCH3 is 1. The van der Waals surface area contributed by atoms with Crippen molar-refractivity contribution in [1.29, 1.82) is 0 Å². The molecule has 0 aliphatic heterocycles. The number of esters is 1. The Kier molecular flexibility index (Phi) is 12.2. The van der Waals surface area contributed by atoms with Gasteiger partial charge in [-0.1, -0.05) is 0 Å². The first kappa shape index (κ1) is 30.8. The van der Waals surface area contributed by atoms with Crippen molar-refractivity contribution >= 4 is 67.6 Å². The average Bonchev–Trinajstić information content (AvgIpc) is 3.46. The van der Waals surface area contributed by atoms with E-state index in [0.717, 1.165) is 23.7 Å². The molecule has 0 saturated carbocycles. The first-order chi connectivity index (χ1) is 16.9. The summed E-state index contributed by atoms with van der Waals surface area (Å²) < 4.78 is 36.2. The normalized spacial score (nSPS) is 10.3. The molecule has 13 nitrogen and oxygen atoms in total. The van der Waals surface area contributed by atoms with Crippen molar-refractivity contribution < 1.29 is 42.1 Å². The van der Waals surface area contributed by atoms with E-state index in [1.54, 1.807) is 30.3 Å². The summed E-state index contributed by atoms with van der Waals surface area (Å²) in [5, 5.41) is 15.7. The number of imidazole rings is 2. The van der Waals surface area contributed by atoms with Crippen molar-refractivity contribution in [2.24, 2.45) is 0 Å². The molecule has 6 N–H and O–H groups in total. The summed E-state index contributed by atoms with van der Waals surface area (Å²) >= 11 is 11.2. The third-order valence-corrected chi connectivity index (χ3v) is 4.49. The maximum Gasteiger partial charge on any atom is 0.394 e. The molecule has 0 amide bonds. The number of carboxylic acid groups (broad SMARTS) is 1. The standard InChI is InChI=1S/C10H9ClN2O2.C9H7ClN2O2.CH4O.H2O4S/c1-15-10(14)6-2-3-7-8(4-6)13-9(5-11)12-7;10-4-8-11-6-2-1-5(9(13)14)3-7(6)12-8;1-2;1-5(2,3)4/h2-4H,5H2,1H3,(H,12,13);1-3H,4H2,(H,11,12)(H,13,14);2H,1H3;(H2,1,2,3,4). The van der Waals surface area contributed by atoms with E-state index in [0.29, 0.717) is 28.6 Å². The summed E-state index contributed by atoms with van der Waals surface area (Å²) in [6, 6.07) is 9.85. The lowest BCUT2D eigenvalue weighted by molar-refractivity contribution is 0.0600. The summed E-state index contributed by atoms with van der Waals surface area (Å²) in [5.74, 6) is 0.630. The first-order valence-corrected chi connectivity index (χ1v) is 12.0. The minimum Gasteiger partial charge on any atom is -0.478 e. The highest BCUT2D eigenvalue weighted by Crippen LogP contribution is 2.16. The van der Waals surface area contributed by atoms with Gasteiger partial charge in [-0.25, -0.2) is 19.6 Å². The van der Waals surface area contributed by atoms with E-state index >= 15 is 0 Å². The van der Waals surface area contributed by atoms with Gasteiger partial charge in [0.05, 0.1) is 52.1 Å². The van der Waals surface area contributed by atoms with Crippen LogP contribution in [-0.4, -0.2) is 73.8 Å². The number of aromatic carboxylic acids is 1. The highest BCUT2D eigenvalue weighted by Gasteiger charge is 2.08. The zero-order chi connectivity index (χ0) is 27.5. The van der Waals surface area contributed by atoms with E-state index in [-0.39, 0.29) is 17.4 Å². The number of carboxylic acids is 1. The van der Waals surface area contributed by atoms with Crippen LogP contribution in [0.1, 0.15) is 32.4 Å². The number of aromatic nitrogens is 4. The molecule has 0 aliphatic rings. The monoisotopic (exact) mass is 564 g/mol. The van der Waals surface area contributed by atoms with Crippen LogP contribution in [0.3, 0.4) is 0 Å². The van der Waals surface area contributed by atoms with Gasteiger partial charge in [-0.2, -0.15) is 8.42 Å². The molecule has 0 radical (unpaired) electrons. The largest absolute Gasteiger partial charge is 0.478 e. The molecule has 2 aromatic carbocycles. The Morgan fingerprint density at radius 2 is 1.28 bits per heavy atom. The van der Waals surface area contributed by atoms with Crippen LogP contribution < -0.4 is 0 Å². The van der Waals surface area contributed by atoms with Gasteiger partial charge in [0.25, 0.3) is 0 Å². The highest BCUT2D eigenvalue weighted by atomic mass is 35.5. The quantitative estimate of drug-likeness (QED) is 0.120. The van der Waals surface area contributed by atoms with Crippen LogP contribution in [0, 0.1) is 0 Å². The number of aromatic amines is 2. The van der Waals surface area contributed by atoms with Gasteiger partial charge in [0.1, 0.15) is 11.6 Å². The third-order valence-electron chi connectivity index (χ3n) is 3.98. The summed E-state index contributed by atoms with van der Waals surface area (Å²) in [7, 11) is -2.32. The van der Waals surface area contributed by atoms with Crippen LogP contribution in [0.15, 0.2) is 36.4 Å². The van der Waals surface area contributed by atoms with Crippen LogP contribution >= 0.6 is 23.2 Å². The van der Waals surface area contributed by atoms with E-state index in [9.17, 15) is 9.59 Å². The minimum absolute atomic E-state index is 0.238. The fourth-order valence-corrected chi connectivity index (χ4v) is 2.88. The molecule has 0 unspecified atom stereocenters. The molecule has 0 fully saturated rings. The average molecular weight is 565 g/mol. The predicted molar refractivity (Wildman–Crippen MR) is 132 cm³/mol. The number of benzene rings is 2. The molecular weight excluding hydrogens is 543 g/mol. The molecular formula is C20H22Cl2N4O9S. The number of alkyl halides is 2. The molecule has 0 saturated heterocycles. The SMILES string of the molecule is CO.COC(=O)c1ccc2nc(CCl)[nH]c2c1.O=C(O)c1ccc2nc(CCl)[nH]c2c1.O=S(=O)(O)O. The lowest BCUT2D eigenvalue weighted by Gasteiger charge is -1.97. The third kappa shape index (κ3) is 9.77. The lowest BCUT2D eigenvalue weighted by Crippen LogP contribution is -2.00. The van der Waals surface area contributed by atoms with Gasteiger partial charge in [0.15, 0.2) is 0 Å². The number of carbonyl (C=O) groups excluding carboxylic acids is 1. The second-order valence-electron chi connectivity index (χ2n) is 6.34. The van der Waals surface area contributed by atoms with Gasteiger partial charge in [-0.3, -0.25) is 9.11 Å². The number of carbonyl (C=O) groups is 2. The molecule has 4 aromatic rings. The van der Waals surface area contributed by atoms with E-state index in [4.69, 9.17) is 50.9 Å². The Hall–Kier alpha value is -3.27. The van der Waals surface area contributed by atoms with Crippen LogP contribution in [0.2, 0.25) is 0 Å². The van der Waals surface area contributed by atoms with E-state index in [1.165, 1.54) is 13.2 Å². The maximum atomic E-state index is 11.3. The number of aliphatic hydroxyl groups is 1. The number of ether oxygens (including phenoxy) is 1. The Bertz CT molecular complexity index is 1410. The molecule has 196 valence electrons. The van der Waals surface area contributed by atoms with E-state index in [2.05, 4.69) is 24.7 Å². The fourth-order valence-electron chi connectivity index (χ4n) is 2.63. The number of halogens is 2. The Morgan fingerprint density at radius 1 is 0.889 bits per heavy atom. The Labute approximate surface area is 214 Å². The zero-order valence-corrected chi connectivity index (χ0v) is 21.1. The van der Waals surface area contributed by atoms with Crippen LogP contribution in [0.4, 0.5) is 0 Å². The van der Waals surface area contributed by atoms with Gasteiger partial charge in [0.2, 0.25) is 0 Å². The minimum atomic E-state index is -4.67. The number of nitrogens with one attached hydrogen (secondary N) is 2. The number of nitrogens with zero attached hydrogens (tertiary/aromatic N) is 2. The molecule has 0 aliphatic carbocycles. The van der Waals surface area contributed by atoms with Gasteiger partial charge in [0, 0.05) is 7.11 Å². The second-order valence-corrected chi connectivity index (χ2v) is 7.77. The smallest absolute Gasteiger partial charge is 0.394 e. The van der Waals surface area contributed by atoms with Crippen molar-refractivity contribution in [2.75, 3.05) is 14.2 Å². The van der Waals surface area contributed by atoms with Gasteiger partial charge >= 0.3 is 22.3 Å². The molecule has 4 rings (SSSR count). The van der Waals surface area contributed by atoms with Gasteiger partial charge < -0.3 is 24.9 Å². The second kappa shape index (κ2) is 14.3. The number of hydrogen-bond donors (Lipinski definition) is 6. The van der Waals surface area contributed by atoms with Gasteiger partial charge in [-0.05, 0) is 36.4 Å². The van der Waals surface area contributed by atoms with Crippen molar-refractivity contribution in [3.8, 4) is 0 Å². The fraction of sp³-hybridized carbons (Fsp3) is 0.200. The van der Waals surface area contributed by atoms with Crippen molar-refractivity contribution in [3.63, 3.8) is 0 Å². The van der Waals surface area contributed by atoms with E-state index < -0.39 is 16.4 Å². The Balaban J connectivity index is 0.000000288. The number of fused-ring (bicyclic) bond motifs is 2. The summed E-state index contributed by atoms with van der Waals surface area (Å²) in [6.07, 6.45) is 0. The summed E-state index contributed by atoms with van der Waals surface area (Å²) in [4.78, 5) is 36.2. The number of aliphatic hydroxyl groups excluding tert-OH is 1. The number of H-pyrrole nitrogens is 2. The van der Waals surface area contributed by atoms with Crippen LogP contribution in [-0.2, 0) is 26.9 Å². The molecule has 0 spiro atoms. The van der Waals surface area contributed by atoms with Crippen molar-refractivity contribution in [1.82, 2.24) is 19.9 Å². The molecule has 2 heterocycles. The molecule has 0 atom stereocenters. The number of rotatable bonds is 4. The molecule has 36 heavy (non-hydrogen) atoms. The lowest BCUT2D eigenvalue weighted by atomic mass is 10.2. The van der Waals surface area contributed by atoms with Gasteiger partial charge in [-0.15, -0.1) is 23.2 Å². The van der Waals surface area contributed by atoms with Crippen LogP contribution in [0.25, 0.3) is 22.1 Å². The number of hydrogen-bond acceptors (Lipinski definition) is 8. The highest BCUT2D eigenvalue weighted by molar-refractivity contribution is 7.79. The van der Waals surface area contributed by atoms with E-state index in [1.807, 2.05) is 0 Å². The van der Waals surface area contributed by atoms with Crippen LogP contribution in [0.5, 0.6) is 0 Å².